The van der Waals surface area contributed by atoms with E-state index in [0.717, 1.165) is 39.2 Å². The number of aromatic hydroxyl groups is 1. The van der Waals surface area contributed by atoms with Crippen molar-refractivity contribution in [1.29, 1.82) is 0 Å². The zero-order valence-corrected chi connectivity index (χ0v) is 13.0. The highest BCUT2D eigenvalue weighted by Gasteiger charge is 2.19. The number of nitrogens with zero attached hydrogens (tertiary/aromatic N) is 2. The van der Waals surface area contributed by atoms with Crippen LogP contribution in [0.2, 0.25) is 5.15 Å². The van der Waals surface area contributed by atoms with Gasteiger partial charge in [-0.05, 0) is 58.2 Å². The van der Waals surface area contributed by atoms with Crippen molar-refractivity contribution in [3.05, 3.63) is 38.7 Å². The molecule has 0 fully saturated rings. The number of hydrogen-bond acceptors (Lipinski definition) is 2. The highest BCUT2D eigenvalue weighted by Crippen LogP contribution is 2.35. The molecule has 2 aromatic rings. The van der Waals surface area contributed by atoms with Gasteiger partial charge in [-0.25, -0.2) is 4.68 Å². The molecule has 0 saturated heterocycles. The van der Waals surface area contributed by atoms with Gasteiger partial charge in [-0.1, -0.05) is 11.6 Å². The van der Waals surface area contributed by atoms with E-state index in [-0.39, 0.29) is 0 Å². The fourth-order valence-electron chi connectivity index (χ4n) is 2.35. The van der Waals surface area contributed by atoms with Crippen molar-refractivity contribution >= 4 is 11.6 Å². The summed E-state index contributed by atoms with van der Waals surface area (Å²) in [5.74, 6) is 0.319. The molecule has 0 saturated carbocycles. The predicted molar refractivity (Wildman–Crippen MR) is 78.7 cm³/mol. The molecular formula is C15H19ClN2O. The van der Waals surface area contributed by atoms with Gasteiger partial charge in [0.1, 0.15) is 10.9 Å². The van der Waals surface area contributed by atoms with Crippen molar-refractivity contribution < 1.29 is 5.11 Å². The van der Waals surface area contributed by atoms with Crippen LogP contribution >= 0.6 is 11.6 Å². The molecule has 1 heterocycles. The minimum Gasteiger partial charge on any atom is -0.507 e. The van der Waals surface area contributed by atoms with Crippen molar-refractivity contribution in [2.45, 2.75) is 41.5 Å². The molecule has 0 unspecified atom stereocenters. The molecule has 19 heavy (non-hydrogen) atoms. The smallest absolute Gasteiger partial charge is 0.136 e. The van der Waals surface area contributed by atoms with Crippen molar-refractivity contribution in [3.63, 3.8) is 0 Å². The lowest BCUT2D eigenvalue weighted by molar-refractivity contribution is 0.465. The molecule has 0 aliphatic carbocycles. The molecule has 1 aromatic carbocycles. The van der Waals surface area contributed by atoms with E-state index in [1.165, 1.54) is 0 Å². The Morgan fingerprint density at radius 2 is 1.42 bits per heavy atom. The van der Waals surface area contributed by atoms with Gasteiger partial charge in [0.2, 0.25) is 0 Å². The lowest BCUT2D eigenvalue weighted by atomic mass is 9.97. The van der Waals surface area contributed by atoms with Crippen LogP contribution in [0.5, 0.6) is 5.75 Å². The van der Waals surface area contributed by atoms with Gasteiger partial charge in [0.05, 0.1) is 11.4 Å². The SMILES string of the molecule is Cc1nn(-c2c(C)c(C)c(C)c(O)c2C)c(Cl)c1C. The van der Waals surface area contributed by atoms with E-state index in [1.54, 1.807) is 4.68 Å². The maximum absolute atomic E-state index is 10.2. The van der Waals surface area contributed by atoms with Crippen LogP contribution in [0.4, 0.5) is 0 Å². The van der Waals surface area contributed by atoms with E-state index in [4.69, 9.17) is 11.6 Å². The molecule has 1 aromatic heterocycles. The Balaban J connectivity index is 2.87. The quantitative estimate of drug-likeness (QED) is 0.853. The monoisotopic (exact) mass is 278 g/mol. The van der Waals surface area contributed by atoms with Crippen molar-refractivity contribution in [2.75, 3.05) is 0 Å². The molecule has 0 radical (unpaired) electrons. The van der Waals surface area contributed by atoms with Gasteiger partial charge >= 0.3 is 0 Å². The second kappa shape index (κ2) is 4.57. The van der Waals surface area contributed by atoms with Gasteiger partial charge < -0.3 is 5.11 Å². The average molecular weight is 279 g/mol. The second-order valence-electron chi connectivity index (χ2n) is 5.11. The van der Waals surface area contributed by atoms with Crippen LogP contribution in [0.15, 0.2) is 0 Å². The highest BCUT2D eigenvalue weighted by atomic mass is 35.5. The minimum atomic E-state index is 0.319. The number of hydrogen-bond donors (Lipinski definition) is 1. The molecule has 3 nitrogen and oxygen atoms in total. The Morgan fingerprint density at radius 3 is 1.89 bits per heavy atom. The van der Waals surface area contributed by atoms with Gasteiger partial charge in [0, 0.05) is 11.1 Å². The number of phenols is 1. The molecule has 0 amide bonds. The van der Waals surface area contributed by atoms with Crippen LogP contribution in [0.3, 0.4) is 0 Å². The van der Waals surface area contributed by atoms with Crippen LogP contribution in [-0.4, -0.2) is 14.9 Å². The summed E-state index contributed by atoms with van der Waals surface area (Å²) in [5, 5.41) is 15.3. The zero-order valence-electron chi connectivity index (χ0n) is 12.2. The van der Waals surface area contributed by atoms with Crippen molar-refractivity contribution in [2.24, 2.45) is 0 Å². The largest absolute Gasteiger partial charge is 0.507 e. The zero-order chi connectivity index (χ0) is 14.5. The summed E-state index contributed by atoms with van der Waals surface area (Å²) >= 11 is 6.36. The second-order valence-corrected chi connectivity index (χ2v) is 5.47. The third-order valence-corrected chi connectivity index (χ3v) is 4.49. The summed E-state index contributed by atoms with van der Waals surface area (Å²) < 4.78 is 1.73. The number of rotatable bonds is 1. The van der Waals surface area contributed by atoms with Gasteiger partial charge in [0.25, 0.3) is 0 Å². The third kappa shape index (κ3) is 1.93. The fraction of sp³-hybridized carbons (Fsp3) is 0.400. The highest BCUT2D eigenvalue weighted by molar-refractivity contribution is 6.30. The van der Waals surface area contributed by atoms with Crippen LogP contribution in [-0.2, 0) is 0 Å². The summed E-state index contributed by atoms with van der Waals surface area (Å²) in [6.07, 6.45) is 0. The molecule has 4 heteroatoms. The molecule has 0 bridgehead atoms. The van der Waals surface area contributed by atoms with Gasteiger partial charge in [-0.2, -0.15) is 5.10 Å². The number of benzene rings is 1. The number of aromatic nitrogens is 2. The Labute approximate surface area is 118 Å². The van der Waals surface area contributed by atoms with Crippen LogP contribution in [0.25, 0.3) is 5.69 Å². The van der Waals surface area contributed by atoms with Crippen LogP contribution < -0.4 is 0 Å². The number of phenolic OH excluding ortho intramolecular Hbond substituents is 1. The summed E-state index contributed by atoms with van der Waals surface area (Å²) in [7, 11) is 0. The average Bonchev–Trinajstić information content (AvgIpc) is 2.62. The maximum Gasteiger partial charge on any atom is 0.136 e. The van der Waals surface area contributed by atoms with Gasteiger partial charge in [0.15, 0.2) is 0 Å². The van der Waals surface area contributed by atoms with Crippen molar-refractivity contribution in [1.82, 2.24) is 9.78 Å². The maximum atomic E-state index is 10.2. The van der Waals surface area contributed by atoms with E-state index in [1.807, 2.05) is 41.5 Å². The van der Waals surface area contributed by atoms with E-state index in [2.05, 4.69) is 5.10 Å². The Hall–Kier alpha value is -1.48. The van der Waals surface area contributed by atoms with E-state index in [0.29, 0.717) is 10.9 Å². The minimum absolute atomic E-state index is 0.319. The first-order chi connectivity index (χ1) is 8.77. The van der Waals surface area contributed by atoms with Crippen LogP contribution in [0.1, 0.15) is 33.5 Å². The summed E-state index contributed by atoms with van der Waals surface area (Å²) in [4.78, 5) is 0. The predicted octanol–water partition coefficient (Wildman–Crippen LogP) is 4.08. The Morgan fingerprint density at radius 1 is 0.842 bits per heavy atom. The molecular weight excluding hydrogens is 260 g/mol. The summed E-state index contributed by atoms with van der Waals surface area (Å²) in [5.41, 5.74) is 6.64. The normalized spacial score (nSPS) is 11.1. The van der Waals surface area contributed by atoms with Crippen LogP contribution in [0, 0.1) is 41.5 Å². The first-order valence-electron chi connectivity index (χ1n) is 6.28. The first kappa shape index (κ1) is 13.9. The topological polar surface area (TPSA) is 38.0 Å². The molecule has 102 valence electrons. The lowest BCUT2D eigenvalue weighted by Gasteiger charge is -2.17. The number of aryl methyl sites for hydroxylation is 1. The van der Waals surface area contributed by atoms with Crippen molar-refractivity contribution in [3.8, 4) is 11.4 Å². The summed E-state index contributed by atoms with van der Waals surface area (Å²) in [6.45, 7) is 11.7. The lowest BCUT2D eigenvalue weighted by Crippen LogP contribution is -2.06. The standard InChI is InChI=1S/C15H19ClN2O/c1-7-8(2)13(11(5)14(19)9(7)3)18-15(16)10(4)12(6)17-18/h19H,1-6H3. The van der Waals surface area contributed by atoms with E-state index in [9.17, 15) is 5.11 Å². The molecule has 0 atom stereocenters. The molecule has 0 aliphatic heterocycles. The first-order valence-corrected chi connectivity index (χ1v) is 6.66. The molecule has 0 spiro atoms. The summed E-state index contributed by atoms with van der Waals surface area (Å²) in [6, 6.07) is 0. The van der Waals surface area contributed by atoms with E-state index >= 15 is 0 Å². The molecule has 1 N–H and O–H groups in total. The fourth-order valence-corrected chi connectivity index (χ4v) is 2.61. The van der Waals surface area contributed by atoms with Gasteiger partial charge in [-0.3, -0.25) is 0 Å². The van der Waals surface area contributed by atoms with Gasteiger partial charge in [-0.15, -0.1) is 0 Å². The molecule has 0 aliphatic rings. The Kier molecular flexibility index (Phi) is 3.35. The third-order valence-electron chi connectivity index (χ3n) is 4.05. The molecule has 2 rings (SSSR count). The van der Waals surface area contributed by atoms with E-state index < -0.39 is 0 Å². The Bertz CT molecular complexity index is 643. The number of halogens is 1.